The lowest BCUT2D eigenvalue weighted by molar-refractivity contribution is 0.0743. The molecule has 32 heavy (non-hydrogen) atoms. The number of phenols is 1. The van der Waals surface area contributed by atoms with Gasteiger partial charge in [0.1, 0.15) is 5.75 Å². The highest BCUT2D eigenvalue weighted by Gasteiger charge is 2.19. The molecule has 0 spiro atoms. The van der Waals surface area contributed by atoms with Crippen molar-refractivity contribution < 1.29 is 14.3 Å². The monoisotopic (exact) mass is 427 g/mol. The predicted molar refractivity (Wildman–Crippen MR) is 123 cm³/mol. The number of rotatable bonds is 6. The lowest BCUT2D eigenvalue weighted by Crippen LogP contribution is -2.36. The minimum atomic E-state index is -0.0613. The third kappa shape index (κ3) is 4.70. The van der Waals surface area contributed by atoms with Crippen molar-refractivity contribution in [3.63, 3.8) is 0 Å². The Kier molecular flexibility index (Phi) is 6.03. The zero-order chi connectivity index (χ0) is 22.7. The molecule has 4 aromatic rings. The van der Waals surface area contributed by atoms with E-state index in [1.54, 1.807) is 36.2 Å². The number of phenolic OH excluding ortho intramolecular Hbond substituents is 1. The quantitative estimate of drug-likeness (QED) is 0.462. The number of aromatic nitrogens is 2. The summed E-state index contributed by atoms with van der Waals surface area (Å²) in [5, 5.41) is 17.7. The van der Waals surface area contributed by atoms with E-state index in [1.807, 2.05) is 62.4 Å². The summed E-state index contributed by atoms with van der Waals surface area (Å²) in [6.07, 6.45) is 0.699. The molecule has 1 amide bonds. The van der Waals surface area contributed by atoms with Gasteiger partial charge in [-0.05, 0) is 74.4 Å². The topological polar surface area (TPSA) is 79.5 Å². The van der Waals surface area contributed by atoms with Crippen molar-refractivity contribution in [2.24, 2.45) is 0 Å². The summed E-state index contributed by atoms with van der Waals surface area (Å²) in [6.45, 7) is 4.02. The highest BCUT2D eigenvalue weighted by molar-refractivity contribution is 5.94. The van der Waals surface area contributed by atoms with Crippen LogP contribution in [-0.4, -0.2) is 39.2 Å². The molecule has 0 saturated carbocycles. The third-order valence-corrected chi connectivity index (χ3v) is 5.52. The fourth-order valence-corrected chi connectivity index (χ4v) is 3.50. The Morgan fingerprint density at radius 3 is 2.28 bits per heavy atom. The average molecular weight is 428 g/mol. The summed E-state index contributed by atoms with van der Waals surface area (Å²) < 4.78 is 5.84. The van der Waals surface area contributed by atoms with E-state index in [0.717, 1.165) is 22.3 Å². The minimum Gasteiger partial charge on any atom is -0.508 e. The number of hydrogen-bond acceptors (Lipinski definition) is 5. The van der Waals surface area contributed by atoms with Gasteiger partial charge in [-0.25, -0.2) is 0 Å². The Labute approximate surface area is 187 Å². The third-order valence-electron chi connectivity index (χ3n) is 5.52. The first kappa shape index (κ1) is 21.3. The normalized spacial score (nSPS) is 11.8. The van der Waals surface area contributed by atoms with E-state index in [0.29, 0.717) is 23.8 Å². The van der Waals surface area contributed by atoms with Gasteiger partial charge in [-0.2, -0.15) is 0 Å². The molecule has 6 heteroatoms. The van der Waals surface area contributed by atoms with Crippen LogP contribution in [0.4, 0.5) is 0 Å². The number of nitrogens with zero attached hydrogens (tertiary/aromatic N) is 3. The van der Waals surface area contributed by atoms with Gasteiger partial charge in [-0.1, -0.05) is 29.8 Å². The molecule has 0 bridgehead atoms. The average Bonchev–Trinajstić information content (AvgIpc) is 3.30. The zero-order valence-corrected chi connectivity index (χ0v) is 18.3. The first-order valence-corrected chi connectivity index (χ1v) is 10.5. The van der Waals surface area contributed by atoms with Crippen molar-refractivity contribution in [2.45, 2.75) is 26.3 Å². The van der Waals surface area contributed by atoms with Gasteiger partial charge in [-0.15, -0.1) is 10.2 Å². The molecule has 1 aromatic heterocycles. The number of aryl methyl sites for hydroxylation is 1. The van der Waals surface area contributed by atoms with Crippen LogP contribution in [0.2, 0.25) is 0 Å². The molecular formula is C26H25N3O3. The maximum absolute atomic E-state index is 12.9. The van der Waals surface area contributed by atoms with Crippen LogP contribution in [0.5, 0.6) is 5.75 Å². The zero-order valence-electron chi connectivity index (χ0n) is 18.3. The first-order chi connectivity index (χ1) is 15.4. The second-order valence-corrected chi connectivity index (χ2v) is 7.99. The minimum absolute atomic E-state index is 0.000419. The first-order valence-electron chi connectivity index (χ1n) is 10.5. The maximum atomic E-state index is 12.9. The molecule has 0 aliphatic carbocycles. The van der Waals surface area contributed by atoms with Crippen molar-refractivity contribution in [3.8, 4) is 28.7 Å². The molecule has 1 N–H and O–H groups in total. The number of amides is 1. The molecular weight excluding hydrogens is 402 g/mol. The molecule has 162 valence electrons. The number of aromatic hydroxyl groups is 1. The van der Waals surface area contributed by atoms with Gasteiger partial charge in [0, 0.05) is 29.8 Å². The summed E-state index contributed by atoms with van der Waals surface area (Å²) in [7, 11) is 1.80. The SMILES string of the molecule is Cc1cccc(-c2nnc(-c3ccc(C(=O)N(C)[C@H](C)Cc4ccc(O)cc4)cc3)o2)c1. The van der Waals surface area contributed by atoms with Crippen LogP contribution in [-0.2, 0) is 6.42 Å². The molecule has 0 aliphatic rings. The van der Waals surface area contributed by atoms with Crippen LogP contribution in [0.25, 0.3) is 22.9 Å². The van der Waals surface area contributed by atoms with Gasteiger partial charge in [-0.3, -0.25) is 4.79 Å². The Bertz CT molecular complexity index is 1210. The molecule has 0 fully saturated rings. The van der Waals surface area contributed by atoms with E-state index in [4.69, 9.17) is 4.42 Å². The smallest absolute Gasteiger partial charge is 0.253 e. The predicted octanol–water partition coefficient (Wildman–Crippen LogP) is 5.12. The number of carbonyl (C=O) groups is 1. The van der Waals surface area contributed by atoms with Crippen LogP contribution >= 0.6 is 0 Å². The Morgan fingerprint density at radius 1 is 0.969 bits per heavy atom. The van der Waals surface area contributed by atoms with E-state index in [2.05, 4.69) is 10.2 Å². The molecule has 3 aromatic carbocycles. The molecule has 6 nitrogen and oxygen atoms in total. The largest absolute Gasteiger partial charge is 0.508 e. The Balaban J connectivity index is 1.45. The molecule has 0 radical (unpaired) electrons. The fourth-order valence-electron chi connectivity index (χ4n) is 3.50. The van der Waals surface area contributed by atoms with Crippen LogP contribution in [0, 0.1) is 6.92 Å². The van der Waals surface area contributed by atoms with Gasteiger partial charge in [0.05, 0.1) is 0 Å². The van der Waals surface area contributed by atoms with E-state index >= 15 is 0 Å². The Hall–Kier alpha value is -3.93. The van der Waals surface area contributed by atoms with Crippen LogP contribution in [0.15, 0.2) is 77.2 Å². The highest BCUT2D eigenvalue weighted by atomic mass is 16.4. The molecule has 1 heterocycles. The lowest BCUT2D eigenvalue weighted by Gasteiger charge is -2.25. The lowest BCUT2D eigenvalue weighted by atomic mass is 10.0. The van der Waals surface area contributed by atoms with Crippen molar-refractivity contribution >= 4 is 5.91 Å². The molecule has 0 aliphatic heterocycles. The molecule has 0 saturated heterocycles. The van der Waals surface area contributed by atoms with Gasteiger partial charge in [0.25, 0.3) is 5.91 Å². The fraction of sp³-hybridized carbons (Fsp3) is 0.192. The van der Waals surface area contributed by atoms with Crippen LogP contribution in [0.1, 0.15) is 28.4 Å². The summed E-state index contributed by atoms with van der Waals surface area (Å²) in [5.74, 6) is 1.05. The number of carbonyl (C=O) groups excluding carboxylic acids is 1. The molecule has 4 rings (SSSR count). The van der Waals surface area contributed by atoms with Crippen molar-refractivity contribution in [1.82, 2.24) is 15.1 Å². The van der Waals surface area contributed by atoms with Gasteiger partial charge >= 0.3 is 0 Å². The Morgan fingerprint density at radius 2 is 1.62 bits per heavy atom. The van der Waals surface area contributed by atoms with E-state index in [1.165, 1.54) is 0 Å². The number of likely N-dealkylation sites (N-methyl/N-ethyl adjacent to an activating group) is 1. The maximum Gasteiger partial charge on any atom is 0.253 e. The van der Waals surface area contributed by atoms with E-state index in [9.17, 15) is 9.90 Å². The van der Waals surface area contributed by atoms with Crippen LogP contribution < -0.4 is 0 Å². The summed E-state index contributed by atoms with van der Waals surface area (Å²) in [5.41, 5.74) is 4.40. The second-order valence-electron chi connectivity index (χ2n) is 7.99. The van der Waals surface area contributed by atoms with Crippen molar-refractivity contribution in [2.75, 3.05) is 7.05 Å². The van der Waals surface area contributed by atoms with Gasteiger partial charge in [0.15, 0.2) is 0 Å². The van der Waals surface area contributed by atoms with E-state index in [-0.39, 0.29) is 17.7 Å². The molecule has 1 atom stereocenters. The van der Waals surface area contributed by atoms with Crippen molar-refractivity contribution in [1.29, 1.82) is 0 Å². The number of benzene rings is 3. The summed E-state index contributed by atoms with van der Waals surface area (Å²) >= 11 is 0. The highest BCUT2D eigenvalue weighted by Crippen LogP contribution is 2.25. The second kappa shape index (κ2) is 9.06. The standard InChI is InChI=1S/C26H25N3O3/c1-17-5-4-6-22(15-17)25-28-27-24(32-25)20-9-11-21(12-10-20)26(31)29(3)18(2)16-19-7-13-23(30)14-8-19/h4-15,18,30H,16H2,1-3H3/t18-/m1/s1. The van der Waals surface area contributed by atoms with Crippen molar-refractivity contribution in [3.05, 3.63) is 89.5 Å². The number of hydrogen-bond donors (Lipinski definition) is 1. The molecule has 0 unspecified atom stereocenters. The van der Waals surface area contributed by atoms with E-state index < -0.39 is 0 Å². The van der Waals surface area contributed by atoms with Gasteiger partial charge in [0.2, 0.25) is 11.8 Å². The van der Waals surface area contributed by atoms with Gasteiger partial charge < -0.3 is 14.4 Å². The summed E-state index contributed by atoms with van der Waals surface area (Å²) in [4.78, 5) is 14.7. The van der Waals surface area contributed by atoms with Crippen LogP contribution in [0.3, 0.4) is 0 Å². The summed E-state index contributed by atoms with van der Waals surface area (Å²) in [6, 6.07) is 22.1.